The molecule has 0 aliphatic carbocycles. The molecule has 6 nitrogen and oxygen atoms in total. The zero-order valence-corrected chi connectivity index (χ0v) is 13.2. The Kier molecular flexibility index (Phi) is 4.74. The number of hydrogen-bond donors (Lipinski definition) is 2. The average Bonchev–Trinajstić information content (AvgIpc) is 3.23. The molecule has 0 saturated carbocycles. The Hall–Kier alpha value is -1.86. The number of carbonyl (C=O) groups excluding carboxylic acids is 1. The second kappa shape index (κ2) is 6.93. The Morgan fingerprint density at radius 3 is 3.18 bits per heavy atom. The van der Waals surface area contributed by atoms with E-state index in [9.17, 15) is 4.79 Å². The zero-order chi connectivity index (χ0) is 15.4. The number of amides is 1. The molecule has 1 aliphatic heterocycles. The first-order valence-corrected chi connectivity index (χ1v) is 8.23. The first-order chi connectivity index (χ1) is 10.7. The highest BCUT2D eigenvalue weighted by molar-refractivity contribution is 7.14. The van der Waals surface area contributed by atoms with Crippen molar-refractivity contribution in [3.63, 3.8) is 0 Å². The van der Waals surface area contributed by atoms with Gasteiger partial charge in [-0.25, -0.2) is 4.98 Å². The van der Waals surface area contributed by atoms with E-state index >= 15 is 0 Å². The number of rotatable bonds is 6. The summed E-state index contributed by atoms with van der Waals surface area (Å²) < 4.78 is 11.3. The molecule has 22 heavy (non-hydrogen) atoms. The molecule has 2 aromatic heterocycles. The van der Waals surface area contributed by atoms with Crippen molar-refractivity contribution >= 4 is 22.4 Å². The van der Waals surface area contributed by atoms with Crippen LogP contribution in [0.3, 0.4) is 0 Å². The fourth-order valence-electron chi connectivity index (χ4n) is 2.30. The quantitative estimate of drug-likeness (QED) is 0.855. The summed E-state index contributed by atoms with van der Waals surface area (Å²) in [5.74, 6) is 1.35. The topological polar surface area (TPSA) is 76.4 Å². The van der Waals surface area contributed by atoms with Crippen molar-refractivity contribution in [2.45, 2.75) is 32.4 Å². The molecule has 1 aliphatic rings. The van der Waals surface area contributed by atoms with E-state index in [2.05, 4.69) is 15.6 Å². The molecule has 1 fully saturated rings. The maximum Gasteiger partial charge on any atom is 0.217 e. The minimum atomic E-state index is -0.0766. The van der Waals surface area contributed by atoms with Crippen molar-refractivity contribution < 1.29 is 13.9 Å². The number of nitrogens with zero attached hydrogens (tertiary/aromatic N) is 1. The van der Waals surface area contributed by atoms with E-state index in [0.29, 0.717) is 24.2 Å². The van der Waals surface area contributed by atoms with Gasteiger partial charge in [-0.1, -0.05) is 0 Å². The SMILES string of the molecule is CC(=O)NCc1ccc(-c2csc(NC[C@@H]3CCCO3)n2)o1. The highest BCUT2D eigenvalue weighted by Crippen LogP contribution is 2.27. The summed E-state index contributed by atoms with van der Waals surface area (Å²) >= 11 is 1.55. The monoisotopic (exact) mass is 321 g/mol. The number of anilines is 1. The maximum atomic E-state index is 10.9. The zero-order valence-electron chi connectivity index (χ0n) is 12.4. The maximum absolute atomic E-state index is 10.9. The van der Waals surface area contributed by atoms with Gasteiger partial charge in [0.05, 0.1) is 12.6 Å². The van der Waals surface area contributed by atoms with Crippen LogP contribution in [0.15, 0.2) is 21.9 Å². The third-order valence-corrected chi connectivity index (χ3v) is 4.23. The summed E-state index contributed by atoms with van der Waals surface area (Å²) in [5.41, 5.74) is 0.800. The minimum Gasteiger partial charge on any atom is -0.458 e. The molecule has 118 valence electrons. The molecule has 1 atom stereocenters. The fourth-order valence-corrected chi connectivity index (χ4v) is 3.01. The van der Waals surface area contributed by atoms with Gasteiger partial charge < -0.3 is 19.8 Å². The molecule has 7 heteroatoms. The Morgan fingerprint density at radius 2 is 2.41 bits per heavy atom. The van der Waals surface area contributed by atoms with Gasteiger partial charge >= 0.3 is 0 Å². The van der Waals surface area contributed by atoms with Crippen molar-refractivity contribution in [1.82, 2.24) is 10.3 Å². The largest absolute Gasteiger partial charge is 0.458 e. The molecule has 1 amide bonds. The van der Waals surface area contributed by atoms with E-state index in [1.54, 1.807) is 11.3 Å². The van der Waals surface area contributed by atoms with Crippen molar-refractivity contribution in [2.24, 2.45) is 0 Å². The third-order valence-electron chi connectivity index (χ3n) is 3.43. The number of thiazole rings is 1. The van der Waals surface area contributed by atoms with Gasteiger partial charge in [0.2, 0.25) is 5.91 Å². The van der Waals surface area contributed by atoms with Gasteiger partial charge in [0.15, 0.2) is 10.9 Å². The Bertz CT molecular complexity index is 632. The molecular weight excluding hydrogens is 302 g/mol. The lowest BCUT2D eigenvalue weighted by atomic mass is 10.2. The number of hydrogen-bond acceptors (Lipinski definition) is 6. The van der Waals surface area contributed by atoms with Gasteiger partial charge in [0.1, 0.15) is 11.5 Å². The van der Waals surface area contributed by atoms with Crippen LogP contribution in [0.2, 0.25) is 0 Å². The third kappa shape index (κ3) is 3.86. The van der Waals surface area contributed by atoms with Crippen molar-refractivity contribution in [1.29, 1.82) is 0 Å². The molecule has 3 heterocycles. The molecule has 0 spiro atoms. The van der Waals surface area contributed by atoms with E-state index in [4.69, 9.17) is 9.15 Å². The fraction of sp³-hybridized carbons (Fsp3) is 0.467. The summed E-state index contributed by atoms with van der Waals surface area (Å²) in [7, 11) is 0. The summed E-state index contributed by atoms with van der Waals surface area (Å²) in [6.45, 7) is 3.53. The van der Waals surface area contributed by atoms with Crippen LogP contribution in [0.5, 0.6) is 0 Å². The minimum absolute atomic E-state index is 0.0766. The van der Waals surface area contributed by atoms with Crippen LogP contribution < -0.4 is 10.6 Å². The molecule has 0 aromatic carbocycles. The van der Waals surface area contributed by atoms with Gasteiger partial charge in [-0.15, -0.1) is 11.3 Å². The summed E-state index contributed by atoms with van der Waals surface area (Å²) in [6, 6.07) is 3.72. The highest BCUT2D eigenvalue weighted by Gasteiger charge is 2.16. The van der Waals surface area contributed by atoms with E-state index < -0.39 is 0 Å². The van der Waals surface area contributed by atoms with Crippen LogP contribution >= 0.6 is 11.3 Å². The first-order valence-electron chi connectivity index (χ1n) is 7.35. The Labute approximate surface area is 132 Å². The van der Waals surface area contributed by atoms with Crippen LogP contribution in [-0.4, -0.2) is 30.1 Å². The molecule has 0 bridgehead atoms. The van der Waals surface area contributed by atoms with Gasteiger partial charge in [-0.05, 0) is 25.0 Å². The standard InChI is InChI=1S/C15H19N3O3S/c1-10(19)16-8-12-4-5-14(21-12)13-9-22-15(18-13)17-7-11-3-2-6-20-11/h4-5,9,11H,2-3,6-8H2,1H3,(H,16,19)(H,17,18)/t11-/m0/s1. The van der Waals surface area contributed by atoms with Gasteiger partial charge in [0, 0.05) is 25.5 Å². The predicted molar refractivity (Wildman–Crippen MR) is 84.8 cm³/mol. The summed E-state index contributed by atoms with van der Waals surface area (Å²) in [6.07, 6.45) is 2.54. The average molecular weight is 321 g/mol. The Morgan fingerprint density at radius 1 is 1.50 bits per heavy atom. The molecule has 3 rings (SSSR count). The normalized spacial score (nSPS) is 17.6. The molecule has 1 saturated heterocycles. The van der Waals surface area contributed by atoms with E-state index in [-0.39, 0.29) is 5.91 Å². The number of ether oxygens (including phenoxy) is 1. The van der Waals surface area contributed by atoms with Crippen LogP contribution in [0.4, 0.5) is 5.13 Å². The van der Waals surface area contributed by atoms with Crippen LogP contribution in [-0.2, 0) is 16.1 Å². The van der Waals surface area contributed by atoms with Crippen molar-refractivity contribution in [2.75, 3.05) is 18.5 Å². The molecule has 2 N–H and O–H groups in total. The van der Waals surface area contributed by atoms with Crippen molar-refractivity contribution in [3.05, 3.63) is 23.3 Å². The lowest BCUT2D eigenvalue weighted by Gasteiger charge is -2.08. The van der Waals surface area contributed by atoms with Gasteiger partial charge in [-0.2, -0.15) is 0 Å². The first kappa shape index (κ1) is 15.1. The highest BCUT2D eigenvalue weighted by atomic mass is 32.1. The Balaban J connectivity index is 1.57. The number of carbonyl (C=O) groups is 1. The lowest BCUT2D eigenvalue weighted by Crippen LogP contribution is -2.18. The van der Waals surface area contributed by atoms with Gasteiger partial charge in [-0.3, -0.25) is 4.79 Å². The number of aromatic nitrogens is 1. The van der Waals surface area contributed by atoms with Crippen LogP contribution in [0, 0.1) is 0 Å². The molecule has 0 radical (unpaired) electrons. The van der Waals surface area contributed by atoms with Crippen LogP contribution in [0.1, 0.15) is 25.5 Å². The van der Waals surface area contributed by atoms with Crippen molar-refractivity contribution in [3.8, 4) is 11.5 Å². The second-order valence-electron chi connectivity index (χ2n) is 5.23. The van der Waals surface area contributed by atoms with Crippen LogP contribution in [0.25, 0.3) is 11.5 Å². The summed E-state index contributed by atoms with van der Waals surface area (Å²) in [4.78, 5) is 15.4. The second-order valence-corrected chi connectivity index (χ2v) is 6.09. The van der Waals surface area contributed by atoms with E-state index in [1.807, 2.05) is 17.5 Å². The number of nitrogens with one attached hydrogen (secondary N) is 2. The molecular formula is C15H19N3O3S. The molecule has 0 unspecified atom stereocenters. The van der Waals surface area contributed by atoms with E-state index in [1.165, 1.54) is 6.92 Å². The molecule has 2 aromatic rings. The predicted octanol–water partition coefficient (Wildman–Crippen LogP) is 2.63. The smallest absolute Gasteiger partial charge is 0.217 e. The summed E-state index contributed by atoms with van der Waals surface area (Å²) in [5, 5.41) is 8.84. The van der Waals surface area contributed by atoms with E-state index in [0.717, 1.165) is 36.8 Å². The number of furan rings is 1. The lowest BCUT2D eigenvalue weighted by molar-refractivity contribution is -0.119. The van der Waals surface area contributed by atoms with Gasteiger partial charge in [0.25, 0.3) is 0 Å².